The lowest BCUT2D eigenvalue weighted by Gasteiger charge is -2.25. The minimum Gasteiger partial charge on any atom is -0.370 e. The molecule has 4 nitrogen and oxygen atoms in total. The zero-order valence-electron chi connectivity index (χ0n) is 14.8. The molecular formula is C20H32N4. The molecule has 3 N–H and O–H groups in total. The van der Waals surface area contributed by atoms with Gasteiger partial charge in [-0.3, -0.25) is 4.90 Å². The normalized spacial score (nSPS) is 20.4. The Labute approximate surface area is 146 Å². The van der Waals surface area contributed by atoms with E-state index in [1.54, 1.807) is 0 Å². The summed E-state index contributed by atoms with van der Waals surface area (Å²) in [7, 11) is 0. The number of nitrogens with one attached hydrogen (secondary N) is 1. The standard InChI is InChI=1S/C20H32N4/c21-20(22-14-17-6-5-7-17)23-15-18-8-10-19(11-9-18)16-24-12-3-1-2-4-13-24/h8-11,17H,1-7,12-16H2,(H3,21,22,23). The first-order valence-electron chi connectivity index (χ1n) is 9.63. The molecule has 3 rings (SSSR count). The molecule has 1 aliphatic carbocycles. The van der Waals surface area contributed by atoms with Gasteiger partial charge in [0.05, 0.1) is 6.54 Å². The Morgan fingerprint density at radius 1 is 1.00 bits per heavy atom. The lowest BCUT2D eigenvalue weighted by molar-refractivity contribution is 0.277. The number of likely N-dealkylation sites (tertiary alicyclic amines) is 1. The van der Waals surface area contributed by atoms with Crippen molar-refractivity contribution in [1.29, 1.82) is 0 Å². The van der Waals surface area contributed by atoms with Gasteiger partial charge in [0, 0.05) is 13.1 Å². The molecule has 1 saturated carbocycles. The Bertz CT molecular complexity index is 511. The van der Waals surface area contributed by atoms with Gasteiger partial charge in [0.25, 0.3) is 0 Å². The van der Waals surface area contributed by atoms with Crippen LogP contribution in [0.4, 0.5) is 0 Å². The molecule has 4 heteroatoms. The molecule has 0 bridgehead atoms. The Kier molecular flexibility index (Phi) is 6.53. The van der Waals surface area contributed by atoms with Gasteiger partial charge in [0.15, 0.2) is 5.96 Å². The third kappa shape index (κ3) is 5.52. The Morgan fingerprint density at radius 3 is 2.29 bits per heavy atom. The summed E-state index contributed by atoms with van der Waals surface area (Å²) in [5.74, 6) is 1.38. The maximum absolute atomic E-state index is 5.95. The van der Waals surface area contributed by atoms with Crippen LogP contribution in [0.2, 0.25) is 0 Å². The molecule has 0 radical (unpaired) electrons. The fourth-order valence-electron chi connectivity index (χ4n) is 3.48. The topological polar surface area (TPSA) is 53.6 Å². The van der Waals surface area contributed by atoms with Gasteiger partial charge in [-0.05, 0) is 55.8 Å². The highest BCUT2D eigenvalue weighted by atomic mass is 15.1. The molecule has 132 valence electrons. The van der Waals surface area contributed by atoms with E-state index in [2.05, 4.69) is 39.5 Å². The predicted molar refractivity (Wildman–Crippen MR) is 101 cm³/mol. The molecule has 1 aromatic carbocycles. The highest BCUT2D eigenvalue weighted by Crippen LogP contribution is 2.25. The van der Waals surface area contributed by atoms with Gasteiger partial charge in [-0.15, -0.1) is 0 Å². The summed E-state index contributed by atoms with van der Waals surface area (Å²) < 4.78 is 0. The molecule has 1 heterocycles. The van der Waals surface area contributed by atoms with Crippen LogP contribution in [0, 0.1) is 5.92 Å². The predicted octanol–water partition coefficient (Wildman–Crippen LogP) is 3.27. The van der Waals surface area contributed by atoms with Crippen LogP contribution in [-0.2, 0) is 13.1 Å². The second kappa shape index (κ2) is 9.07. The van der Waals surface area contributed by atoms with Crippen molar-refractivity contribution in [3.05, 3.63) is 35.4 Å². The fourth-order valence-corrected chi connectivity index (χ4v) is 3.48. The van der Waals surface area contributed by atoms with Crippen molar-refractivity contribution in [2.45, 2.75) is 58.0 Å². The van der Waals surface area contributed by atoms with Crippen molar-refractivity contribution < 1.29 is 0 Å². The molecule has 0 atom stereocenters. The smallest absolute Gasteiger partial charge is 0.188 e. The molecule has 0 unspecified atom stereocenters. The van der Waals surface area contributed by atoms with E-state index in [0.717, 1.165) is 19.0 Å². The van der Waals surface area contributed by atoms with Crippen LogP contribution in [0.1, 0.15) is 56.1 Å². The van der Waals surface area contributed by atoms with E-state index in [9.17, 15) is 0 Å². The number of hydrogen-bond donors (Lipinski definition) is 2. The third-order valence-corrected chi connectivity index (χ3v) is 5.36. The van der Waals surface area contributed by atoms with E-state index in [-0.39, 0.29) is 0 Å². The second-order valence-corrected chi connectivity index (χ2v) is 7.39. The van der Waals surface area contributed by atoms with Gasteiger partial charge in [0.2, 0.25) is 0 Å². The minimum absolute atomic E-state index is 0.579. The van der Waals surface area contributed by atoms with Crippen LogP contribution < -0.4 is 11.1 Å². The van der Waals surface area contributed by atoms with Gasteiger partial charge in [0.1, 0.15) is 0 Å². The van der Waals surface area contributed by atoms with Gasteiger partial charge >= 0.3 is 0 Å². The minimum atomic E-state index is 0.579. The number of aliphatic imine (C=N–C) groups is 1. The van der Waals surface area contributed by atoms with E-state index in [1.807, 2.05) is 0 Å². The fraction of sp³-hybridized carbons (Fsp3) is 0.650. The number of benzene rings is 1. The van der Waals surface area contributed by atoms with Crippen molar-refractivity contribution in [3.63, 3.8) is 0 Å². The molecule has 0 amide bonds. The van der Waals surface area contributed by atoms with Crippen molar-refractivity contribution in [2.75, 3.05) is 19.6 Å². The van der Waals surface area contributed by atoms with Gasteiger partial charge in [-0.2, -0.15) is 0 Å². The molecule has 1 saturated heterocycles. The van der Waals surface area contributed by atoms with Crippen molar-refractivity contribution in [1.82, 2.24) is 10.2 Å². The van der Waals surface area contributed by atoms with Crippen LogP contribution in [0.15, 0.2) is 29.3 Å². The van der Waals surface area contributed by atoms with Crippen LogP contribution >= 0.6 is 0 Å². The van der Waals surface area contributed by atoms with E-state index < -0.39 is 0 Å². The molecule has 0 aromatic heterocycles. The maximum Gasteiger partial charge on any atom is 0.188 e. The monoisotopic (exact) mass is 328 g/mol. The maximum atomic E-state index is 5.95. The molecular weight excluding hydrogens is 296 g/mol. The van der Waals surface area contributed by atoms with Gasteiger partial charge < -0.3 is 11.1 Å². The zero-order valence-corrected chi connectivity index (χ0v) is 14.8. The van der Waals surface area contributed by atoms with Gasteiger partial charge in [-0.1, -0.05) is 43.5 Å². The number of nitrogens with two attached hydrogens (primary N) is 1. The second-order valence-electron chi connectivity index (χ2n) is 7.39. The SMILES string of the molecule is NC(=NCc1ccc(CN2CCCCCC2)cc1)NCC1CCC1. The van der Waals surface area contributed by atoms with E-state index >= 15 is 0 Å². The van der Waals surface area contributed by atoms with E-state index in [0.29, 0.717) is 12.5 Å². The average molecular weight is 329 g/mol. The molecule has 1 aliphatic heterocycles. The highest BCUT2D eigenvalue weighted by molar-refractivity contribution is 5.77. The summed E-state index contributed by atoms with van der Waals surface area (Å²) in [6, 6.07) is 8.87. The van der Waals surface area contributed by atoms with E-state index in [4.69, 9.17) is 5.73 Å². The quantitative estimate of drug-likeness (QED) is 0.622. The summed E-state index contributed by atoms with van der Waals surface area (Å²) in [5.41, 5.74) is 8.58. The van der Waals surface area contributed by atoms with Crippen LogP contribution in [0.3, 0.4) is 0 Å². The average Bonchev–Trinajstić information content (AvgIpc) is 2.81. The molecule has 2 fully saturated rings. The Hall–Kier alpha value is -1.55. The van der Waals surface area contributed by atoms with Crippen LogP contribution in [-0.4, -0.2) is 30.5 Å². The number of rotatable bonds is 6. The third-order valence-electron chi connectivity index (χ3n) is 5.36. The van der Waals surface area contributed by atoms with Crippen LogP contribution in [0.5, 0.6) is 0 Å². The first-order valence-corrected chi connectivity index (χ1v) is 9.63. The summed E-state index contributed by atoms with van der Waals surface area (Å²) in [5, 5.41) is 3.25. The summed E-state index contributed by atoms with van der Waals surface area (Å²) in [6.07, 6.45) is 9.51. The van der Waals surface area contributed by atoms with Crippen molar-refractivity contribution in [2.24, 2.45) is 16.6 Å². The van der Waals surface area contributed by atoms with Crippen molar-refractivity contribution in [3.8, 4) is 0 Å². The molecule has 0 spiro atoms. The number of guanidine groups is 1. The zero-order chi connectivity index (χ0) is 16.6. The number of hydrogen-bond acceptors (Lipinski definition) is 2. The largest absolute Gasteiger partial charge is 0.370 e. The Balaban J connectivity index is 1.43. The lowest BCUT2D eigenvalue weighted by atomic mass is 9.85. The number of nitrogens with zero attached hydrogens (tertiary/aromatic N) is 2. The lowest BCUT2D eigenvalue weighted by Crippen LogP contribution is -2.37. The molecule has 24 heavy (non-hydrogen) atoms. The Morgan fingerprint density at radius 2 is 1.67 bits per heavy atom. The molecule has 1 aromatic rings. The first-order chi connectivity index (χ1) is 11.8. The summed E-state index contributed by atoms with van der Waals surface area (Å²) in [6.45, 7) is 5.21. The van der Waals surface area contributed by atoms with Gasteiger partial charge in [-0.25, -0.2) is 4.99 Å². The van der Waals surface area contributed by atoms with E-state index in [1.165, 1.54) is 69.2 Å². The van der Waals surface area contributed by atoms with Crippen LogP contribution in [0.25, 0.3) is 0 Å². The molecule has 2 aliphatic rings. The van der Waals surface area contributed by atoms with Crippen molar-refractivity contribution >= 4 is 5.96 Å². The summed E-state index contributed by atoms with van der Waals surface area (Å²) >= 11 is 0. The first kappa shape index (κ1) is 17.3. The highest BCUT2D eigenvalue weighted by Gasteiger charge is 2.16. The summed E-state index contributed by atoms with van der Waals surface area (Å²) in [4.78, 5) is 7.04.